The third-order valence-corrected chi connectivity index (χ3v) is 4.19. The molecule has 1 aliphatic heterocycles. The molecule has 1 saturated heterocycles. The molecule has 124 valence electrons. The molecule has 0 bridgehead atoms. The van der Waals surface area contributed by atoms with Crippen LogP contribution in [0.1, 0.15) is 18.5 Å². The number of ether oxygens (including phenoxy) is 2. The smallest absolute Gasteiger partial charge is 0.333 e. The molecular formula is C15H17BrN2O5. The highest BCUT2D eigenvalue weighted by Crippen LogP contribution is 2.33. The number of rotatable bonds is 5. The number of halogens is 1. The molecule has 2 atom stereocenters. The van der Waals surface area contributed by atoms with Crippen molar-refractivity contribution in [1.82, 2.24) is 10.2 Å². The Hall–Kier alpha value is -2.09. The SMILES string of the molecule is COC(=O)C(c1ccc(OC)c(Br)c1)N1CC(NC(C)=O)C1=O. The molecule has 0 spiro atoms. The van der Waals surface area contributed by atoms with Gasteiger partial charge >= 0.3 is 5.97 Å². The molecule has 0 aromatic heterocycles. The van der Waals surface area contributed by atoms with Crippen LogP contribution in [-0.2, 0) is 19.1 Å². The van der Waals surface area contributed by atoms with E-state index in [4.69, 9.17) is 9.47 Å². The number of esters is 1. The monoisotopic (exact) mass is 384 g/mol. The van der Waals surface area contributed by atoms with Crippen molar-refractivity contribution in [3.8, 4) is 5.75 Å². The Morgan fingerprint density at radius 1 is 1.39 bits per heavy atom. The van der Waals surface area contributed by atoms with E-state index in [0.717, 1.165) is 0 Å². The third-order valence-electron chi connectivity index (χ3n) is 3.57. The fourth-order valence-corrected chi connectivity index (χ4v) is 3.00. The van der Waals surface area contributed by atoms with Gasteiger partial charge in [0.15, 0.2) is 6.04 Å². The summed E-state index contributed by atoms with van der Waals surface area (Å²) in [4.78, 5) is 36.8. The van der Waals surface area contributed by atoms with Crippen LogP contribution < -0.4 is 10.1 Å². The van der Waals surface area contributed by atoms with Gasteiger partial charge in [-0.1, -0.05) is 6.07 Å². The molecule has 1 N–H and O–H groups in total. The van der Waals surface area contributed by atoms with Gasteiger partial charge in [0.05, 0.1) is 25.2 Å². The second-order valence-corrected chi connectivity index (χ2v) is 5.92. The largest absolute Gasteiger partial charge is 0.496 e. The second-order valence-electron chi connectivity index (χ2n) is 5.06. The Labute approximate surface area is 142 Å². The van der Waals surface area contributed by atoms with Gasteiger partial charge in [0.2, 0.25) is 11.8 Å². The zero-order valence-corrected chi connectivity index (χ0v) is 14.5. The van der Waals surface area contributed by atoms with Crippen molar-refractivity contribution in [2.24, 2.45) is 0 Å². The van der Waals surface area contributed by atoms with Gasteiger partial charge in [0, 0.05) is 6.92 Å². The molecule has 1 heterocycles. The number of β-lactam (4-membered cyclic amide) rings is 1. The minimum atomic E-state index is -0.861. The van der Waals surface area contributed by atoms with Crippen molar-refractivity contribution in [1.29, 1.82) is 0 Å². The highest BCUT2D eigenvalue weighted by molar-refractivity contribution is 9.10. The van der Waals surface area contributed by atoms with Gasteiger partial charge in [-0.3, -0.25) is 9.59 Å². The molecule has 23 heavy (non-hydrogen) atoms. The van der Waals surface area contributed by atoms with Crippen LogP contribution in [0.4, 0.5) is 0 Å². The summed E-state index contributed by atoms with van der Waals surface area (Å²) in [6.07, 6.45) is 0. The number of likely N-dealkylation sites (tertiary alicyclic amines) is 1. The first-order chi connectivity index (χ1) is 10.9. The number of methoxy groups -OCH3 is 2. The lowest BCUT2D eigenvalue weighted by molar-refractivity contribution is -0.162. The predicted molar refractivity (Wildman–Crippen MR) is 84.8 cm³/mol. The van der Waals surface area contributed by atoms with Crippen molar-refractivity contribution in [3.05, 3.63) is 28.2 Å². The fourth-order valence-electron chi connectivity index (χ4n) is 2.45. The van der Waals surface area contributed by atoms with Crippen LogP contribution in [0.2, 0.25) is 0 Å². The normalized spacial score (nSPS) is 18.0. The molecule has 1 aliphatic rings. The predicted octanol–water partition coefficient (Wildman–Crippen LogP) is 1.02. The van der Waals surface area contributed by atoms with Crippen molar-refractivity contribution in [3.63, 3.8) is 0 Å². The Morgan fingerprint density at radius 2 is 2.09 bits per heavy atom. The molecule has 2 unspecified atom stereocenters. The molecule has 0 aliphatic carbocycles. The van der Waals surface area contributed by atoms with E-state index in [2.05, 4.69) is 21.2 Å². The zero-order valence-electron chi connectivity index (χ0n) is 13.0. The molecule has 1 fully saturated rings. The van der Waals surface area contributed by atoms with Gasteiger partial charge in [-0.05, 0) is 33.6 Å². The minimum absolute atomic E-state index is 0.252. The standard InChI is InChI=1S/C15H17BrN2O5/c1-8(19)17-11-7-18(14(11)20)13(15(21)23-3)9-4-5-12(22-2)10(16)6-9/h4-6,11,13H,7H2,1-3H3,(H,17,19). The number of benzene rings is 1. The summed E-state index contributed by atoms with van der Waals surface area (Å²) < 4.78 is 10.6. The maximum Gasteiger partial charge on any atom is 0.333 e. The molecule has 2 rings (SSSR count). The molecule has 2 amide bonds. The van der Waals surface area contributed by atoms with E-state index in [0.29, 0.717) is 15.8 Å². The van der Waals surface area contributed by atoms with E-state index < -0.39 is 18.1 Å². The number of nitrogens with zero attached hydrogens (tertiary/aromatic N) is 1. The van der Waals surface area contributed by atoms with Gasteiger partial charge in [-0.15, -0.1) is 0 Å². The summed E-state index contributed by atoms with van der Waals surface area (Å²) in [5.74, 6) is -0.535. The third kappa shape index (κ3) is 3.47. The van der Waals surface area contributed by atoms with Crippen LogP contribution in [-0.4, -0.2) is 49.5 Å². The summed E-state index contributed by atoms with van der Waals surface area (Å²) >= 11 is 3.36. The molecule has 0 radical (unpaired) electrons. The van der Waals surface area contributed by atoms with E-state index in [-0.39, 0.29) is 18.4 Å². The van der Waals surface area contributed by atoms with Crippen LogP contribution in [0.25, 0.3) is 0 Å². The minimum Gasteiger partial charge on any atom is -0.496 e. The van der Waals surface area contributed by atoms with Crippen LogP contribution in [0.15, 0.2) is 22.7 Å². The lowest BCUT2D eigenvalue weighted by Crippen LogP contribution is -2.65. The lowest BCUT2D eigenvalue weighted by Gasteiger charge is -2.42. The first-order valence-corrected chi connectivity index (χ1v) is 7.67. The van der Waals surface area contributed by atoms with E-state index in [1.165, 1.54) is 26.0 Å². The first-order valence-electron chi connectivity index (χ1n) is 6.88. The fraction of sp³-hybridized carbons (Fsp3) is 0.400. The average Bonchev–Trinajstić information content (AvgIpc) is 2.52. The van der Waals surface area contributed by atoms with Crippen molar-refractivity contribution in [2.45, 2.75) is 19.0 Å². The zero-order chi connectivity index (χ0) is 17.1. The van der Waals surface area contributed by atoms with Gasteiger partial charge < -0.3 is 19.7 Å². The van der Waals surface area contributed by atoms with Gasteiger partial charge in [-0.2, -0.15) is 0 Å². The Bertz CT molecular complexity index is 649. The summed E-state index contributed by atoms with van der Waals surface area (Å²) in [7, 11) is 2.80. The van der Waals surface area contributed by atoms with Crippen molar-refractivity contribution >= 4 is 33.7 Å². The molecule has 0 saturated carbocycles. The summed E-state index contributed by atoms with van der Waals surface area (Å²) in [5.41, 5.74) is 0.596. The molecular weight excluding hydrogens is 368 g/mol. The molecule has 7 nitrogen and oxygen atoms in total. The number of carbonyl (C=O) groups is 3. The van der Waals surface area contributed by atoms with Crippen molar-refractivity contribution < 1.29 is 23.9 Å². The number of hydrogen-bond acceptors (Lipinski definition) is 5. The molecule has 1 aromatic rings. The highest BCUT2D eigenvalue weighted by Gasteiger charge is 2.45. The lowest BCUT2D eigenvalue weighted by atomic mass is 9.98. The summed E-state index contributed by atoms with van der Waals surface area (Å²) in [6, 6.07) is 3.65. The number of hydrogen-bond donors (Lipinski definition) is 1. The van der Waals surface area contributed by atoms with E-state index in [1.54, 1.807) is 18.2 Å². The van der Waals surface area contributed by atoms with Gasteiger partial charge in [-0.25, -0.2) is 4.79 Å². The van der Waals surface area contributed by atoms with Gasteiger partial charge in [0.25, 0.3) is 0 Å². The number of carbonyl (C=O) groups excluding carboxylic acids is 3. The van der Waals surface area contributed by atoms with Crippen LogP contribution in [0, 0.1) is 0 Å². The molecule has 1 aromatic carbocycles. The molecule has 8 heteroatoms. The maximum atomic E-state index is 12.2. The quantitative estimate of drug-likeness (QED) is 0.604. The van der Waals surface area contributed by atoms with E-state index in [9.17, 15) is 14.4 Å². The summed E-state index contributed by atoms with van der Waals surface area (Å²) in [5, 5.41) is 2.54. The number of nitrogens with one attached hydrogen (secondary N) is 1. The Kier molecular flexibility index (Phi) is 5.25. The van der Waals surface area contributed by atoms with Crippen LogP contribution in [0.5, 0.6) is 5.75 Å². The number of amides is 2. The highest BCUT2D eigenvalue weighted by atomic mass is 79.9. The first kappa shape index (κ1) is 17.3. The Balaban J connectivity index is 2.26. The van der Waals surface area contributed by atoms with Crippen LogP contribution in [0.3, 0.4) is 0 Å². The van der Waals surface area contributed by atoms with Gasteiger partial charge in [0.1, 0.15) is 11.8 Å². The Morgan fingerprint density at radius 3 is 2.57 bits per heavy atom. The van der Waals surface area contributed by atoms with Crippen molar-refractivity contribution in [2.75, 3.05) is 20.8 Å². The van der Waals surface area contributed by atoms with Crippen LogP contribution >= 0.6 is 15.9 Å². The average molecular weight is 385 g/mol. The van der Waals surface area contributed by atoms with E-state index >= 15 is 0 Å². The van der Waals surface area contributed by atoms with E-state index in [1.807, 2.05) is 0 Å². The summed E-state index contributed by atoms with van der Waals surface area (Å²) in [6.45, 7) is 1.59. The second kappa shape index (κ2) is 6.99. The topological polar surface area (TPSA) is 84.9 Å². The maximum absolute atomic E-state index is 12.2.